The summed E-state index contributed by atoms with van der Waals surface area (Å²) in [6.45, 7) is 2.16. The highest BCUT2D eigenvalue weighted by molar-refractivity contribution is 7.16. The van der Waals surface area contributed by atoms with E-state index in [1.54, 1.807) is 14.0 Å². The zero-order chi connectivity index (χ0) is 16.1. The molecule has 0 saturated carbocycles. The van der Waals surface area contributed by atoms with Gasteiger partial charge in [0.1, 0.15) is 5.75 Å². The first-order chi connectivity index (χ1) is 10.6. The summed E-state index contributed by atoms with van der Waals surface area (Å²) in [5.41, 5.74) is 0.885. The third-order valence-electron chi connectivity index (χ3n) is 3.18. The molecule has 6 nitrogen and oxygen atoms in total. The van der Waals surface area contributed by atoms with E-state index in [1.165, 1.54) is 18.4 Å². The van der Waals surface area contributed by atoms with Gasteiger partial charge in [0, 0.05) is 19.0 Å². The Hall–Kier alpha value is -2.15. The highest BCUT2D eigenvalue weighted by Gasteiger charge is 2.10. The van der Waals surface area contributed by atoms with Crippen LogP contribution in [0.15, 0.2) is 23.2 Å². The number of benzene rings is 1. The van der Waals surface area contributed by atoms with Crippen LogP contribution in [0.3, 0.4) is 0 Å². The van der Waals surface area contributed by atoms with Crippen LogP contribution in [0, 0.1) is 0 Å². The highest BCUT2D eigenvalue weighted by atomic mass is 32.1. The fraction of sp³-hybridized carbons (Fsp3) is 0.400. The lowest BCUT2D eigenvalue weighted by Gasteiger charge is -2.05. The Morgan fingerprint density at radius 2 is 2.09 bits per heavy atom. The molecule has 0 saturated heterocycles. The topological polar surface area (TPSA) is 69.9 Å². The Balaban J connectivity index is 2.54. The SMILES string of the molecule is CCC(=O)N=c1sc2ccc(OC)cc2n1CCC(=O)OC. The molecule has 0 unspecified atom stereocenters. The number of rotatable bonds is 5. The third kappa shape index (κ3) is 3.54. The van der Waals surface area contributed by atoms with Gasteiger partial charge in [0.2, 0.25) is 5.91 Å². The largest absolute Gasteiger partial charge is 0.497 e. The van der Waals surface area contributed by atoms with Gasteiger partial charge in [0.15, 0.2) is 4.80 Å². The van der Waals surface area contributed by atoms with Gasteiger partial charge in [-0.3, -0.25) is 9.59 Å². The van der Waals surface area contributed by atoms with Crippen molar-refractivity contribution in [2.45, 2.75) is 26.3 Å². The fourth-order valence-corrected chi connectivity index (χ4v) is 3.02. The number of amides is 1. The van der Waals surface area contributed by atoms with Crippen molar-refractivity contribution in [2.75, 3.05) is 14.2 Å². The molecule has 1 aromatic heterocycles. The van der Waals surface area contributed by atoms with E-state index in [-0.39, 0.29) is 18.3 Å². The molecule has 0 aliphatic carbocycles. The number of thiazole rings is 1. The van der Waals surface area contributed by atoms with Crippen LogP contribution in [-0.2, 0) is 20.9 Å². The van der Waals surface area contributed by atoms with Crippen molar-refractivity contribution in [2.24, 2.45) is 4.99 Å². The van der Waals surface area contributed by atoms with Gasteiger partial charge < -0.3 is 14.0 Å². The molecule has 1 aromatic carbocycles. The second kappa shape index (κ2) is 7.22. The smallest absolute Gasteiger partial charge is 0.307 e. The lowest BCUT2D eigenvalue weighted by Crippen LogP contribution is -2.19. The van der Waals surface area contributed by atoms with Crippen LogP contribution in [0.4, 0.5) is 0 Å². The molecule has 1 amide bonds. The van der Waals surface area contributed by atoms with Gasteiger partial charge in [-0.25, -0.2) is 0 Å². The van der Waals surface area contributed by atoms with Gasteiger partial charge in [-0.2, -0.15) is 4.99 Å². The van der Waals surface area contributed by atoms with E-state index in [9.17, 15) is 9.59 Å². The molecule has 0 aliphatic heterocycles. The van der Waals surface area contributed by atoms with Crippen LogP contribution in [0.1, 0.15) is 19.8 Å². The molecule has 2 rings (SSSR count). The lowest BCUT2D eigenvalue weighted by molar-refractivity contribution is -0.140. The number of carbonyl (C=O) groups is 2. The third-order valence-corrected chi connectivity index (χ3v) is 4.24. The predicted octanol–water partition coefficient (Wildman–Crippen LogP) is 2.11. The molecule has 118 valence electrons. The minimum Gasteiger partial charge on any atom is -0.497 e. The van der Waals surface area contributed by atoms with Gasteiger partial charge in [0.05, 0.1) is 30.9 Å². The van der Waals surface area contributed by atoms with Gasteiger partial charge in [0.25, 0.3) is 0 Å². The predicted molar refractivity (Wildman–Crippen MR) is 83.9 cm³/mol. The summed E-state index contributed by atoms with van der Waals surface area (Å²) in [6, 6.07) is 5.65. The first kappa shape index (κ1) is 16.2. The van der Waals surface area contributed by atoms with Crippen LogP contribution in [0.5, 0.6) is 5.75 Å². The van der Waals surface area contributed by atoms with E-state index in [2.05, 4.69) is 9.73 Å². The number of methoxy groups -OCH3 is 2. The molecule has 0 fully saturated rings. The average Bonchev–Trinajstić information content (AvgIpc) is 2.88. The summed E-state index contributed by atoms with van der Waals surface area (Å²) in [5, 5.41) is 0. The van der Waals surface area contributed by atoms with E-state index < -0.39 is 0 Å². The van der Waals surface area contributed by atoms with Crippen molar-refractivity contribution < 1.29 is 19.1 Å². The second-order valence-corrected chi connectivity index (χ2v) is 5.56. The molecule has 22 heavy (non-hydrogen) atoms. The lowest BCUT2D eigenvalue weighted by atomic mass is 10.3. The van der Waals surface area contributed by atoms with Gasteiger partial charge in [-0.1, -0.05) is 18.3 Å². The molecule has 0 spiro atoms. The first-order valence-corrected chi connectivity index (χ1v) is 7.72. The number of fused-ring (bicyclic) bond motifs is 1. The number of aryl methyl sites for hydroxylation is 1. The fourth-order valence-electron chi connectivity index (χ4n) is 1.97. The molecule has 0 radical (unpaired) electrons. The molecule has 7 heteroatoms. The Morgan fingerprint density at radius 1 is 1.32 bits per heavy atom. The highest BCUT2D eigenvalue weighted by Crippen LogP contribution is 2.23. The summed E-state index contributed by atoms with van der Waals surface area (Å²) in [7, 11) is 2.95. The summed E-state index contributed by atoms with van der Waals surface area (Å²) < 4.78 is 12.7. The molecule has 0 bridgehead atoms. The number of carbonyl (C=O) groups excluding carboxylic acids is 2. The number of aromatic nitrogens is 1. The van der Waals surface area contributed by atoms with Crippen LogP contribution >= 0.6 is 11.3 Å². The number of ether oxygens (including phenoxy) is 2. The maximum absolute atomic E-state index is 11.6. The molecule has 1 heterocycles. The van der Waals surface area contributed by atoms with Crippen LogP contribution in [0.2, 0.25) is 0 Å². The molecular weight excluding hydrogens is 304 g/mol. The van der Waals surface area contributed by atoms with Crippen LogP contribution in [0.25, 0.3) is 10.2 Å². The summed E-state index contributed by atoms with van der Waals surface area (Å²) in [4.78, 5) is 27.7. The monoisotopic (exact) mass is 322 g/mol. The van der Waals surface area contributed by atoms with Crippen molar-refractivity contribution >= 4 is 33.4 Å². The normalized spacial score (nSPS) is 11.7. The molecule has 0 atom stereocenters. The molecule has 2 aromatic rings. The number of esters is 1. The maximum Gasteiger partial charge on any atom is 0.307 e. The molecular formula is C15H18N2O4S. The summed E-state index contributed by atoms with van der Waals surface area (Å²) in [6.07, 6.45) is 0.557. The van der Waals surface area contributed by atoms with Crippen LogP contribution < -0.4 is 9.54 Å². The van der Waals surface area contributed by atoms with E-state index in [0.29, 0.717) is 23.5 Å². The molecule has 0 aliphatic rings. The van der Waals surface area contributed by atoms with Crippen molar-refractivity contribution in [3.8, 4) is 5.75 Å². The van der Waals surface area contributed by atoms with E-state index in [1.807, 2.05) is 22.8 Å². The Labute approximate surface area is 132 Å². The zero-order valence-corrected chi connectivity index (χ0v) is 13.6. The molecule has 0 N–H and O–H groups in total. The van der Waals surface area contributed by atoms with E-state index >= 15 is 0 Å². The van der Waals surface area contributed by atoms with Crippen LogP contribution in [-0.4, -0.2) is 30.7 Å². The number of hydrogen-bond acceptors (Lipinski definition) is 5. The Bertz CT molecular complexity index is 760. The van der Waals surface area contributed by atoms with Gasteiger partial charge in [-0.15, -0.1) is 0 Å². The van der Waals surface area contributed by atoms with Gasteiger partial charge in [-0.05, 0) is 12.1 Å². The van der Waals surface area contributed by atoms with E-state index in [0.717, 1.165) is 10.2 Å². The van der Waals surface area contributed by atoms with Crippen molar-refractivity contribution in [3.63, 3.8) is 0 Å². The standard InChI is InChI=1S/C15H18N2O4S/c1-4-13(18)16-15-17(8-7-14(19)21-3)11-9-10(20-2)5-6-12(11)22-15/h5-6,9H,4,7-8H2,1-3H3. The Morgan fingerprint density at radius 3 is 2.73 bits per heavy atom. The van der Waals surface area contributed by atoms with Crippen molar-refractivity contribution in [1.29, 1.82) is 0 Å². The first-order valence-electron chi connectivity index (χ1n) is 6.90. The average molecular weight is 322 g/mol. The minimum atomic E-state index is -0.303. The van der Waals surface area contributed by atoms with Crippen molar-refractivity contribution in [3.05, 3.63) is 23.0 Å². The summed E-state index contributed by atoms with van der Waals surface area (Å²) in [5.74, 6) is 0.221. The maximum atomic E-state index is 11.6. The van der Waals surface area contributed by atoms with Crippen molar-refractivity contribution in [1.82, 2.24) is 4.57 Å². The minimum absolute atomic E-state index is 0.190. The quantitative estimate of drug-likeness (QED) is 0.791. The van der Waals surface area contributed by atoms with Gasteiger partial charge >= 0.3 is 5.97 Å². The number of hydrogen-bond donors (Lipinski definition) is 0. The summed E-state index contributed by atoms with van der Waals surface area (Å²) >= 11 is 1.41. The second-order valence-electron chi connectivity index (χ2n) is 4.56. The van der Waals surface area contributed by atoms with E-state index in [4.69, 9.17) is 4.74 Å². The zero-order valence-electron chi connectivity index (χ0n) is 12.8. The number of nitrogens with zero attached hydrogens (tertiary/aromatic N) is 2. The Kier molecular flexibility index (Phi) is 5.32.